The van der Waals surface area contributed by atoms with Crippen LogP contribution in [0.4, 0.5) is 13.2 Å². The molecule has 0 aliphatic carbocycles. The van der Waals surface area contributed by atoms with Crippen molar-refractivity contribution in [3.05, 3.63) is 35.4 Å². The zero-order valence-electron chi connectivity index (χ0n) is 10.00. The van der Waals surface area contributed by atoms with Crippen LogP contribution in [0.15, 0.2) is 24.3 Å². The van der Waals surface area contributed by atoms with Gasteiger partial charge in [-0.25, -0.2) is 8.42 Å². The maximum atomic E-state index is 12.3. The number of halogens is 3. The summed E-state index contributed by atoms with van der Waals surface area (Å²) in [6.45, 7) is 1.88. The van der Waals surface area contributed by atoms with Crippen molar-refractivity contribution in [3.63, 3.8) is 0 Å². The van der Waals surface area contributed by atoms with E-state index in [9.17, 15) is 21.6 Å². The van der Waals surface area contributed by atoms with Crippen molar-refractivity contribution in [3.8, 4) is 0 Å². The Labute approximate surface area is 105 Å². The fourth-order valence-corrected chi connectivity index (χ4v) is 3.05. The fraction of sp³-hybridized carbons (Fsp3) is 0.500. The molecule has 6 heteroatoms. The first-order chi connectivity index (χ1) is 8.24. The van der Waals surface area contributed by atoms with E-state index in [-0.39, 0.29) is 11.5 Å². The number of benzene rings is 1. The van der Waals surface area contributed by atoms with Gasteiger partial charge in [-0.3, -0.25) is 0 Å². The molecule has 0 aliphatic rings. The van der Waals surface area contributed by atoms with Gasteiger partial charge in [0.05, 0.1) is 17.1 Å². The minimum absolute atomic E-state index is 0.0739. The summed E-state index contributed by atoms with van der Waals surface area (Å²) in [6.07, 6.45) is -3.05. The Bertz CT molecular complexity index is 475. The van der Waals surface area contributed by atoms with Crippen LogP contribution >= 0.6 is 0 Å². The van der Waals surface area contributed by atoms with Crippen LogP contribution in [0.2, 0.25) is 0 Å². The standard InChI is InChI=1S/C12H15F3O2S/c1-2-3-8-18(16,17)9-10-4-6-11(7-5-10)12(13,14)15/h4-7H,2-3,8-9H2,1H3. The highest BCUT2D eigenvalue weighted by molar-refractivity contribution is 7.90. The zero-order valence-corrected chi connectivity index (χ0v) is 10.8. The van der Waals surface area contributed by atoms with Crippen LogP contribution in [0.1, 0.15) is 30.9 Å². The Kier molecular flexibility index (Phi) is 4.78. The smallest absolute Gasteiger partial charge is 0.228 e. The molecule has 0 spiro atoms. The Morgan fingerprint density at radius 1 is 1.11 bits per heavy atom. The highest BCUT2D eigenvalue weighted by Crippen LogP contribution is 2.29. The minimum Gasteiger partial charge on any atom is -0.228 e. The topological polar surface area (TPSA) is 34.1 Å². The molecule has 0 atom stereocenters. The van der Waals surface area contributed by atoms with Crippen molar-refractivity contribution >= 4 is 9.84 Å². The van der Waals surface area contributed by atoms with E-state index >= 15 is 0 Å². The first-order valence-electron chi connectivity index (χ1n) is 5.61. The van der Waals surface area contributed by atoms with Crippen LogP contribution in [0, 0.1) is 0 Å². The van der Waals surface area contributed by atoms with Gasteiger partial charge >= 0.3 is 6.18 Å². The Morgan fingerprint density at radius 2 is 1.67 bits per heavy atom. The summed E-state index contributed by atoms with van der Waals surface area (Å²) >= 11 is 0. The van der Waals surface area contributed by atoms with Crippen molar-refractivity contribution in [1.29, 1.82) is 0 Å². The second-order valence-electron chi connectivity index (χ2n) is 4.14. The van der Waals surface area contributed by atoms with Gasteiger partial charge in [-0.2, -0.15) is 13.2 Å². The van der Waals surface area contributed by atoms with Crippen molar-refractivity contribution in [1.82, 2.24) is 0 Å². The largest absolute Gasteiger partial charge is 0.416 e. The molecule has 0 fully saturated rings. The normalized spacial score (nSPS) is 12.7. The molecule has 0 aromatic heterocycles. The van der Waals surface area contributed by atoms with E-state index in [0.717, 1.165) is 18.6 Å². The first-order valence-corrected chi connectivity index (χ1v) is 7.43. The molecule has 0 saturated heterocycles. The predicted octanol–water partition coefficient (Wildman–Crippen LogP) is 3.42. The zero-order chi connectivity index (χ0) is 13.8. The minimum atomic E-state index is -4.39. The molecule has 18 heavy (non-hydrogen) atoms. The quantitative estimate of drug-likeness (QED) is 0.828. The summed E-state index contributed by atoms with van der Waals surface area (Å²) in [6, 6.07) is 4.24. The molecule has 0 unspecified atom stereocenters. The van der Waals surface area contributed by atoms with E-state index in [1.54, 1.807) is 0 Å². The third kappa shape index (κ3) is 4.68. The van der Waals surface area contributed by atoms with E-state index in [1.165, 1.54) is 12.1 Å². The van der Waals surface area contributed by atoms with Gasteiger partial charge in [0.2, 0.25) is 0 Å². The van der Waals surface area contributed by atoms with Crippen LogP contribution in [0.5, 0.6) is 0 Å². The third-order valence-corrected chi connectivity index (χ3v) is 4.16. The highest BCUT2D eigenvalue weighted by Gasteiger charge is 2.30. The number of hydrogen-bond donors (Lipinski definition) is 0. The molecule has 0 aliphatic heterocycles. The summed E-state index contributed by atoms with van der Waals surface area (Å²) in [5.41, 5.74) is -0.378. The molecule has 0 bridgehead atoms. The average Bonchev–Trinajstić information content (AvgIpc) is 2.25. The van der Waals surface area contributed by atoms with Gasteiger partial charge in [0, 0.05) is 0 Å². The third-order valence-electron chi connectivity index (χ3n) is 2.48. The molecule has 0 radical (unpaired) electrons. The molecule has 0 amide bonds. The molecular weight excluding hydrogens is 265 g/mol. The van der Waals surface area contributed by atoms with Gasteiger partial charge in [-0.05, 0) is 24.1 Å². The molecule has 2 nitrogen and oxygen atoms in total. The van der Waals surface area contributed by atoms with Gasteiger partial charge in [0.25, 0.3) is 0 Å². The van der Waals surface area contributed by atoms with Crippen LogP contribution < -0.4 is 0 Å². The lowest BCUT2D eigenvalue weighted by Gasteiger charge is -2.08. The van der Waals surface area contributed by atoms with Gasteiger partial charge in [0.1, 0.15) is 0 Å². The Morgan fingerprint density at radius 3 is 2.11 bits per heavy atom. The van der Waals surface area contributed by atoms with Crippen LogP contribution in [-0.4, -0.2) is 14.2 Å². The number of unbranched alkanes of at least 4 members (excludes halogenated alkanes) is 1. The second kappa shape index (κ2) is 5.73. The molecule has 1 aromatic carbocycles. The summed E-state index contributed by atoms with van der Waals surface area (Å²) in [7, 11) is -3.23. The number of sulfone groups is 1. The second-order valence-corrected chi connectivity index (χ2v) is 6.32. The number of alkyl halides is 3. The van der Waals surface area contributed by atoms with Gasteiger partial charge in [-0.1, -0.05) is 25.5 Å². The molecule has 0 heterocycles. The number of rotatable bonds is 5. The van der Waals surface area contributed by atoms with Gasteiger partial charge in [0.15, 0.2) is 9.84 Å². The highest BCUT2D eigenvalue weighted by atomic mass is 32.2. The molecule has 0 saturated carbocycles. The molecule has 102 valence electrons. The SMILES string of the molecule is CCCCS(=O)(=O)Cc1ccc(C(F)(F)F)cc1. The van der Waals surface area contributed by atoms with E-state index in [1.807, 2.05) is 6.92 Å². The summed E-state index contributed by atoms with van der Waals surface area (Å²) in [5, 5.41) is 0. The van der Waals surface area contributed by atoms with E-state index in [2.05, 4.69) is 0 Å². The van der Waals surface area contributed by atoms with Crippen molar-refractivity contribution in [2.75, 3.05) is 5.75 Å². The van der Waals surface area contributed by atoms with Crippen LogP contribution in [0.3, 0.4) is 0 Å². The molecule has 1 aromatic rings. The first kappa shape index (κ1) is 15.0. The Hall–Kier alpha value is -1.04. The van der Waals surface area contributed by atoms with E-state index in [4.69, 9.17) is 0 Å². The monoisotopic (exact) mass is 280 g/mol. The number of hydrogen-bond acceptors (Lipinski definition) is 2. The summed E-state index contributed by atoms with van der Waals surface area (Å²) < 4.78 is 60.2. The summed E-state index contributed by atoms with van der Waals surface area (Å²) in [4.78, 5) is 0. The van der Waals surface area contributed by atoms with Crippen LogP contribution in [-0.2, 0) is 21.8 Å². The van der Waals surface area contributed by atoms with E-state index in [0.29, 0.717) is 12.0 Å². The lowest BCUT2D eigenvalue weighted by atomic mass is 10.1. The lowest BCUT2D eigenvalue weighted by Crippen LogP contribution is -2.10. The van der Waals surface area contributed by atoms with E-state index < -0.39 is 21.6 Å². The van der Waals surface area contributed by atoms with Gasteiger partial charge in [-0.15, -0.1) is 0 Å². The maximum Gasteiger partial charge on any atom is 0.416 e. The maximum absolute atomic E-state index is 12.3. The van der Waals surface area contributed by atoms with Crippen molar-refractivity contribution < 1.29 is 21.6 Å². The fourth-order valence-electron chi connectivity index (χ4n) is 1.48. The van der Waals surface area contributed by atoms with Gasteiger partial charge < -0.3 is 0 Å². The van der Waals surface area contributed by atoms with Crippen molar-refractivity contribution in [2.45, 2.75) is 31.7 Å². The lowest BCUT2D eigenvalue weighted by molar-refractivity contribution is -0.137. The average molecular weight is 280 g/mol. The Balaban J connectivity index is 2.75. The molecule has 0 N–H and O–H groups in total. The molecular formula is C12H15F3O2S. The van der Waals surface area contributed by atoms with Crippen LogP contribution in [0.25, 0.3) is 0 Å². The molecule has 1 rings (SSSR count). The van der Waals surface area contributed by atoms with Crippen molar-refractivity contribution in [2.24, 2.45) is 0 Å². The predicted molar refractivity (Wildman–Crippen MR) is 63.8 cm³/mol. The summed E-state index contributed by atoms with van der Waals surface area (Å²) in [5.74, 6) is -0.129.